The molecule has 4 heteroatoms. The van der Waals surface area contributed by atoms with E-state index in [-0.39, 0.29) is 22.6 Å². The number of nitrogen functional groups attached to an aromatic ring is 1. The van der Waals surface area contributed by atoms with Crippen LogP contribution in [0.4, 0.5) is 5.69 Å². The van der Waals surface area contributed by atoms with E-state index >= 15 is 0 Å². The van der Waals surface area contributed by atoms with Crippen molar-refractivity contribution in [3.8, 4) is 0 Å². The minimum atomic E-state index is -0.988. The van der Waals surface area contributed by atoms with E-state index in [1.165, 1.54) is 6.07 Å². The number of hydrogen-bond acceptors (Lipinski definition) is 2. The Balaban J connectivity index is 0.000001000. The molecule has 0 aliphatic carbocycles. The molecule has 0 bridgehead atoms. The monoisotopic (exact) mass is 200 g/mol. The maximum Gasteiger partial charge on any atom is 0.337 e. The first-order chi connectivity index (χ1) is 4.72. The molecule has 0 aliphatic heterocycles. The molecule has 1 radical (unpaired) electrons. The summed E-state index contributed by atoms with van der Waals surface area (Å²) in [6, 6.07) is 6.36. The van der Waals surface area contributed by atoms with Gasteiger partial charge in [-0.3, -0.25) is 0 Å². The predicted molar refractivity (Wildman–Crippen MR) is 37.8 cm³/mol. The molecule has 1 aromatic rings. The summed E-state index contributed by atoms with van der Waals surface area (Å²) in [5, 5.41) is 8.49. The van der Waals surface area contributed by atoms with Gasteiger partial charge in [-0.15, -0.1) is 0 Å². The Bertz CT molecular complexity index is 262. The first-order valence-electron chi connectivity index (χ1n) is 2.79. The summed E-state index contributed by atoms with van der Waals surface area (Å²) >= 11 is 0. The Labute approximate surface area is 74.7 Å². The van der Waals surface area contributed by atoms with E-state index in [0.29, 0.717) is 5.69 Å². The second-order valence-corrected chi connectivity index (χ2v) is 1.89. The fourth-order valence-electron chi connectivity index (χ4n) is 0.692. The number of rotatable bonds is 1. The van der Waals surface area contributed by atoms with E-state index in [2.05, 4.69) is 0 Å². The molecule has 0 saturated carbocycles. The van der Waals surface area contributed by atoms with Crippen molar-refractivity contribution < 1.29 is 27.0 Å². The zero-order chi connectivity index (χ0) is 7.56. The van der Waals surface area contributed by atoms with Gasteiger partial charge >= 0.3 is 5.97 Å². The minimum absolute atomic E-state index is 0. The Hall–Kier alpha value is -0.991. The Morgan fingerprint density at radius 3 is 2.27 bits per heavy atom. The van der Waals surface area contributed by atoms with Crippen LogP contribution < -0.4 is 5.73 Å². The number of anilines is 1. The van der Waals surface area contributed by atoms with Crippen LogP contribution in [0.15, 0.2) is 24.3 Å². The van der Waals surface area contributed by atoms with E-state index in [1.54, 1.807) is 18.2 Å². The fraction of sp³-hybridized carbons (Fsp3) is 0. The van der Waals surface area contributed by atoms with Crippen molar-refractivity contribution in [2.24, 2.45) is 0 Å². The average Bonchev–Trinajstić information content (AvgIpc) is 1.88. The summed E-state index contributed by atoms with van der Waals surface area (Å²) in [5.74, 6) is -0.988. The third-order valence-electron chi connectivity index (χ3n) is 1.19. The third-order valence-corrected chi connectivity index (χ3v) is 1.19. The molecule has 1 rings (SSSR count). The Kier molecular flexibility index (Phi) is 3.65. The van der Waals surface area contributed by atoms with Gasteiger partial charge in [0, 0.05) is 22.8 Å². The number of carbonyl (C=O) groups is 1. The summed E-state index contributed by atoms with van der Waals surface area (Å²) in [5.41, 5.74) is 5.80. The molecule has 0 amide bonds. The van der Waals surface area contributed by atoms with Crippen molar-refractivity contribution in [3.05, 3.63) is 29.8 Å². The molecule has 0 fully saturated rings. The van der Waals surface area contributed by atoms with Crippen molar-refractivity contribution in [1.82, 2.24) is 0 Å². The summed E-state index contributed by atoms with van der Waals surface area (Å²) < 4.78 is 0. The predicted octanol–water partition coefficient (Wildman–Crippen LogP) is 0.965. The summed E-state index contributed by atoms with van der Waals surface area (Å²) in [4.78, 5) is 10.3. The number of carboxylic acids is 1. The standard InChI is InChI=1S/C7H7NO2.Cu/c8-6-4-2-1-3-5(6)7(9)10;/h1-4H,8H2,(H,9,10);. The van der Waals surface area contributed by atoms with Crippen LogP contribution >= 0.6 is 0 Å². The second kappa shape index (κ2) is 4.01. The molecule has 0 saturated heterocycles. The number of para-hydroxylation sites is 1. The zero-order valence-corrected chi connectivity index (χ0v) is 6.49. The van der Waals surface area contributed by atoms with Crippen molar-refractivity contribution >= 4 is 11.7 Å². The second-order valence-electron chi connectivity index (χ2n) is 1.89. The number of nitrogens with two attached hydrogens (primary N) is 1. The van der Waals surface area contributed by atoms with Crippen LogP contribution in [0.5, 0.6) is 0 Å². The molecule has 0 atom stereocenters. The van der Waals surface area contributed by atoms with Crippen LogP contribution in [-0.4, -0.2) is 11.1 Å². The molecule has 0 heterocycles. The van der Waals surface area contributed by atoms with Gasteiger partial charge in [-0.25, -0.2) is 4.79 Å². The van der Waals surface area contributed by atoms with Gasteiger partial charge in [-0.1, -0.05) is 12.1 Å². The van der Waals surface area contributed by atoms with Crippen molar-refractivity contribution in [3.63, 3.8) is 0 Å². The average molecular weight is 201 g/mol. The van der Waals surface area contributed by atoms with Crippen LogP contribution in [0.1, 0.15) is 10.4 Å². The normalized spacial score (nSPS) is 8.36. The fourth-order valence-corrected chi connectivity index (χ4v) is 0.692. The van der Waals surface area contributed by atoms with Crippen molar-refractivity contribution in [1.29, 1.82) is 0 Å². The smallest absolute Gasteiger partial charge is 0.337 e. The number of aromatic carboxylic acids is 1. The third kappa shape index (κ3) is 2.26. The van der Waals surface area contributed by atoms with Gasteiger partial charge in [0.05, 0.1) is 5.56 Å². The SMILES string of the molecule is Nc1ccccc1C(=O)O.[Cu]. The molecular weight excluding hydrogens is 194 g/mol. The van der Waals surface area contributed by atoms with E-state index in [9.17, 15) is 4.79 Å². The van der Waals surface area contributed by atoms with Gasteiger partial charge in [0.1, 0.15) is 0 Å². The molecule has 63 valence electrons. The van der Waals surface area contributed by atoms with Crippen LogP contribution in [0.25, 0.3) is 0 Å². The van der Waals surface area contributed by atoms with Crippen LogP contribution in [0, 0.1) is 0 Å². The molecule has 11 heavy (non-hydrogen) atoms. The van der Waals surface area contributed by atoms with Gasteiger partial charge < -0.3 is 10.8 Å². The summed E-state index contributed by atoms with van der Waals surface area (Å²) in [6.07, 6.45) is 0. The Morgan fingerprint density at radius 2 is 1.91 bits per heavy atom. The van der Waals surface area contributed by atoms with Gasteiger partial charge in [-0.05, 0) is 12.1 Å². The quantitative estimate of drug-likeness (QED) is 0.525. The minimum Gasteiger partial charge on any atom is -0.478 e. The molecule has 3 N–H and O–H groups in total. The van der Waals surface area contributed by atoms with Gasteiger partial charge in [-0.2, -0.15) is 0 Å². The van der Waals surface area contributed by atoms with E-state index in [4.69, 9.17) is 10.8 Å². The molecule has 0 spiro atoms. The molecule has 0 aromatic heterocycles. The first kappa shape index (κ1) is 10.0. The van der Waals surface area contributed by atoms with Crippen molar-refractivity contribution in [2.75, 3.05) is 5.73 Å². The van der Waals surface area contributed by atoms with E-state index in [1.807, 2.05) is 0 Å². The van der Waals surface area contributed by atoms with Crippen molar-refractivity contribution in [2.45, 2.75) is 0 Å². The largest absolute Gasteiger partial charge is 0.478 e. The maximum absolute atomic E-state index is 10.3. The summed E-state index contributed by atoms with van der Waals surface area (Å²) in [6.45, 7) is 0. The molecule has 0 aliphatic rings. The number of carboxylic acid groups (broad SMARTS) is 1. The van der Waals surface area contributed by atoms with Crippen LogP contribution in [-0.2, 0) is 17.1 Å². The van der Waals surface area contributed by atoms with Gasteiger partial charge in [0.2, 0.25) is 0 Å². The van der Waals surface area contributed by atoms with Crippen LogP contribution in [0.3, 0.4) is 0 Å². The van der Waals surface area contributed by atoms with Crippen LogP contribution in [0.2, 0.25) is 0 Å². The Morgan fingerprint density at radius 1 is 1.36 bits per heavy atom. The molecule has 1 aromatic carbocycles. The maximum atomic E-state index is 10.3. The van der Waals surface area contributed by atoms with E-state index < -0.39 is 5.97 Å². The number of benzene rings is 1. The molecule has 3 nitrogen and oxygen atoms in total. The summed E-state index contributed by atoms with van der Waals surface area (Å²) in [7, 11) is 0. The topological polar surface area (TPSA) is 63.3 Å². The van der Waals surface area contributed by atoms with Gasteiger partial charge in [0.15, 0.2) is 0 Å². The zero-order valence-electron chi connectivity index (χ0n) is 5.54. The number of hydrogen-bond donors (Lipinski definition) is 2. The molecular formula is C7H7CuNO2. The van der Waals surface area contributed by atoms with Gasteiger partial charge in [0.25, 0.3) is 0 Å². The van der Waals surface area contributed by atoms with E-state index in [0.717, 1.165) is 0 Å². The molecule has 0 unspecified atom stereocenters. The first-order valence-corrected chi connectivity index (χ1v) is 2.79.